The fourth-order valence-corrected chi connectivity index (χ4v) is 4.61. The molecule has 2 aromatic rings. The number of nitrogens with one attached hydrogen (secondary N) is 1. The third kappa shape index (κ3) is 4.66. The molecule has 0 aliphatic heterocycles. The number of sulfonamides is 1. The van der Waals surface area contributed by atoms with Crippen molar-refractivity contribution in [2.75, 3.05) is 22.0 Å². The topological polar surface area (TPSA) is 98.0 Å². The smallest absolute Gasteiger partial charge is 0.235 e. The molecular weight excluding hydrogens is 316 g/mol. The number of hydrogen-bond donors (Lipinski definition) is 2. The number of benzene rings is 1. The van der Waals surface area contributed by atoms with Crippen molar-refractivity contribution in [2.24, 2.45) is 0 Å². The monoisotopic (exact) mass is 330 g/mol. The van der Waals surface area contributed by atoms with Gasteiger partial charge in [-0.25, -0.2) is 13.4 Å². The maximum absolute atomic E-state index is 11.9. The lowest BCUT2D eigenvalue weighted by atomic mass is 10.3. The third-order valence-electron chi connectivity index (χ3n) is 2.25. The maximum atomic E-state index is 11.9. The van der Waals surface area contributed by atoms with Gasteiger partial charge in [0.05, 0.1) is 5.75 Å². The van der Waals surface area contributed by atoms with Crippen LogP contribution in [0.25, 0.3) is 0 Å². The number of thioether (sulfide) groups is 1. The highest BCUT2D eigenvalue weighted by atomic mass is 32.2. The second kappa shape index (κ2) is 6.42. The molecule has 0 amide bonds. The molecule has 0 unspecified atom stereocenters. The molecule has 0 aliphatic rings. The molecule has 0 bridgehead atoms. The van der Waals surface area contributed by atoms with Crippen LogP contribution in [0.1, 0.15) is 5.82 Å². The van der Waals surface area contributed by atoms with Crippen LogP contribution in [0.3, 0.4) is 0 Å². The minimum absolute atomic E-state index is 0.00505. The number of nitrogen functional groups attached to an aromatic ring is 1. The van der Waals surface area contributed by atoms with Gasteiger partial charge >= 0.3 is 0 Å². The Morgan fingerprint density at radius 3 is 2.90 bits per heavy atom. The van der Waals surface area contributed by atoms with E-state index >= 15 is 0 Å². The first-order chi connectivity index (χ1) is 9.44. The summed E-state index contributed by atoms with van der Waals surface area (Å²) >= 11 is 2.48. The van der Waals surface area contributed by atoms with E-state index in [4.69, 9.17) is 5.73 Å². The van der Waals surface area contributed by atoms with Crippen LogP contribution in [0.4, 0.5) is 10.8 Å². The van der Waals surface area contributed by atoms with Gasteiger partial charge in [-0.1, -0.05) is 6.07 Å². The maximum Gasteiger partial charge on any atom is 0.235 e. The molecule has 1 aromatic heterocycles. The van der Waals surface area contributed by atoms with E-state index in [1.54, 1.807) is 13.0 Å². The molecule has 9 heteroatoms. The van der Waals surface area contributed by atoms with Crippen LogP contribution in [0.15, 0.2) is 29.2 Å². The first-order valence-electron chi connectivity index (χ1n) is 5.74. The van der Waals surface area contributed by atoms with Gasteiger partial charge in [-0.3, -0.25) is 4.72 Å². The molecule has 2 rings (SSSR count). The summed E-state index contributed by atoms with van der Waals surface area (Å²) in [6.07, 6.45) is 0. The van der Waals surface area contributed by atoms with Crippen molar-refractivity contribution in [1.82, 2.24) is 9.36 Å². The Balaban J connectivity index is 1.86. The molecule has 1 aromatic carbocycles. The number of nitrogens with zero attached hydrogens (tertiary/aromatic N) is 2. The van der Waals surface area contributed by atoms with Crippen molar-refractivity contribution in [2.45, 2.75) is 11.8 Å². The molecule has 0 spiro atoms. The fourth-order valence-electron chi connectivity index (χ4n) is 1.40. The molecule has 0 saturated heterocycles. The quantitative estimate of drug-likeness (QED) is 0.620. The second-order valence-electron chi connectivity index (χ2n) is 3.99. The molecule has 0 aliphatic carbocycles. The number of aryl methyl sites for hydroxylation is 1. The van der Waals surface area contributed by atoms with Gasteiger partial charge in [-0.15, -0.1) is 11.8 Å². The Hall–Kier alpha value is -1.32. The number of aromatic nitrogens is 2. The van der Waals surface area contributed by atoms with Crippen LogP contribution in [-0.4, -0.2) is 29.3 Å². The summed E-state index contributed by atoms with van der Waals surface area (Å²) in [5, 5.41) is 0.302. The van der Waals surface area contributed by atoms with E-state index < -0.39 is 10.0 Å². The van der Waals surface area contributed by atoms with Crippen molar-refractivity contribution in [3.8, 4) is 0 Å². The van der Waals surface area contributed by atoms with E-state index in [0.29, 0.717) is 22.4 Å². The van der Waals surface area contributed by atoms with Crippen molar-refractivity contribution in [3.63, 3.8) is 0 Å². The van der Waals surface area contributed by atoms with Gasteiger partial charge in [-0.2, -0.15) is 4.37 Å². The van der Waals surface area contributed by atoms with Gasteiger partial charge in [-0.05, 0) is 25.1 Å². The summed E-state index contributed by atoms with van der Waals surface area (Å²) < 4.78 is 30.1. The number of anilines is 2. The average Bonchev–Trinajstić information content (AvgIpc) is 2.73. The molecule has 0 radical (unpaired) electrons. The highest BCUT2D eigenvalue weighted by molar-refractivity contribution is 8.01. The van der Waals surface area contributed by atoms with E-state index in [0.717, 1.165) is 16.4 Å². The van der Waals surface area contributed by atoms with Crippen molar-refractivity contribution in [3.05, 3.63) is 30.1 Å². The van der Waals surface area contributed by atoms with E-state index in [1.165, 1.54) is 11.8 Å². The molecule has 3 N–H and O–H groups in total. The Bertz CT molecular complexity index is 684. The molecular formula is C11H14N4O2S3. The SMILES string of the molecule is Cc1nsc(NS(=O)(=O)CCSc2cccc(N)c2)n1. The normalized spacial score (nSPS) is 11.4. The molecule has 20 heavy (non-hydrogen) atoms. The standard InChI is InChI=1S/C11H14N4O2S3/c1-8-13-11(19-14-8)15-20(16,17)6-5-18-10-4-2-3-9(12)7-10/h2-4,7H,5-6,12H2,1H3,(H,13,14,15). The Labute approximate surface area is 126 Å². The molecule has 0 atom stereocenters. The Kier molecular flexibility index (Phi) is 4.84. The summed E-state index contributed by atoms with van der Waals surface area (Å²) in [7, 11) is -3.40. The third-order valence-corrected chi connectivity index (χ3v) is 5.60. The Morgan fingerprint density at radius 1 is 1.45 bits per heavy atom. The van der Waals surface area contributed by atoms with Crippen LogP contribution in [0, 0.1) is 6.92 Å². The highest BCUT2D eigenvalue weighted by Crippen LogP contribution is 2.20. The zero-order valence-electron chi connectivity index (χ0n) is 10.7. The van der Waals surface area contributed by atoms with Gasteiger partial charge in [0.2, 0.25) is 15.2 Å². The second-order valence-corrected chi connectivity index (χ2v) is 7.75. The van der Waals surface area contributed by atoms with Crippen LogP contribution < -0.4 is 10.5 Å². The van der Waals surface area contributed by atoms with Crippen LogP contribution in [0.5, 0.6) is 0 Å². The lowest BCUT2D eigenvalue weighted by molar-refractivity contribution is 0.602. The van der Waals surface area contributed by atoms with E-state index in [2.05, 4.69) is 14.1 Å². The van der Waals surface area contributed by atoms with Crippen LogP contribution in [0.2, 0.25) is 0 Å². The predicted octanol–water partition coefficient (Wildman–Crippen LogP) is 1.96. The molecule has 108 valence electrons. The van der Waals surface area contributed by atoms with Crippen LogP contribution in [-0.2, 0) is 10.0 Å². The zero-order chi connectivity index (χ0) is 14.6. The molecule has 0 saturated carbocycles. The highest BCUT2D eigenvalue weighted by Gasteiger charge is 2.13. The zero-order valence-corrected chi connectivity index (χ0v) is 13.2. The first kappa shape index (κ1) is 15.1. The largest absolute Gasteiger partial charge is 0.399 e. The van der Waals surface area contributed by atoms with Crippen molar-refractivity contribution < 1.29 is 8.42 Å². The summed E-state index contributed by atoms with van der Waals surface area (Å²) in [4.78, 5) is 4.92. The summed E-state index contributed by atoms with van der Waals surface area (Å²) in [6.45, 7) is 1.71. The Morgan fingerprint density at radius 2 is 2.25 bits per heavy atom. The molecule has 6 nitrogen and oxygen atoms in total. The van der Waals surface area contributed by atoms with Crippen molar-refractivity contribution >= 4 is 44.1 Å². The first-order valence-corrected chi connectivity index (χ1v) is 9.15. The van der Waals surface area contributed by atoms with Gasteiger partial charge < -0.3 is 5.73 Å². The summed E-state index contributed by atoms with van der Waals surface area (Å²) in [6, 6.07) is 7.35. The molecule has 0 fully saturated rings. The van der Waals surface area contributed by atoms with E-state index in [1.807, 2.05) is 18.2 Å². The average molecular weight is 330 g/mol. The number of rotatable bonds is 6. The summed E-state index contributed by atoms with van der Waals surface area (Å²) in [5.41, 5.74) is 6.33. The van der Waals surface area contributed by atoms with Gasteiger partial charge in [0.15, 0.2) is 0 Å². The summed E-state index contributed by atoms with van der Waals surface area (Å²) in [5.74, 6) is 1.00. The van der Waals surface area contributed by atoms with Crippen molar-refractivity contribution in [1.29, 1.82) is 0 Å². The van der Waals surface area contributed by atoms with Crippen LogP contribution >= 0.6 is 23.3 Å². The minimum atomic E-state index is -3.40. The lowest BCUT2D eigenvalue weighted by Gasteiger charge is -2.05. The van der Waals surface area contributed by atoms with E-state index in [-0.39, 0.29) is 5.75 Å². The van der Waals surface area contributed by atoms with Gasteiger partial charge in [0, 0.05) is 27.9 Å². The number of nitrogens with two attached hydrogens (primary N) is 1. The lowest BCUT2D eigenvalue weighted by Crippen LogP contribution is -2.18. The molecule has 1 heterocycles. The fraction of sp³-hybridized carbons (Fsp3) is 0.273. The van der Waals surface area contributed by atoms with E-state index in [9.17, 15) is 8.42 Å². The predicted molar refractivity (Wildman–Crippen MR) is 83.6 cm³/mol. The van der Waals surface area contributed by atoms with Gasteiger partial charge in [0.1, 0.15) is 5.82 Å². The minimum Gasteiger partial charge on any atom is -0.399 e. The number of hydrogen-bond acceptors (Lipinski definition) is 7. The van der Waals surface area contributed by atoms with Gasteiger partial charge in [0.25, 0.3) is 0 Å².